The minimum absolute atomic E-state index is 0. The molecule has 0 radical (unpaired) electrons. The third kappa shape index (κ3) is 5.61. The topological polar surface area (TPSA) is 77.0 Å². The Morgan fingerprint density at radius 3 is 2.34 bits per heavy atom. The first kappa shape index (κ1) is 24.5. The first-order valence-electron chi connectivity index (χ1n) is 10.9. The maximum Gasteiger partial charge on any atom is 0.261 e. The second-order valence-electron chi connectivity index (χ2n) is 7.87. The van der Waals surface area contributed by atoms with Gasteiger partial charge in [-0.25, -0.2) is 0 Å². The van der Waals surface area contributed by atoms with Crippen molar-refractivity contribution in [1.29, 1.82) is 0 Å². The van der Waals surface area contributed by atoms with Gasteiger partial charge in [0.15, 0.2) is 5.96 Å². The second kappa shape index (κ2) is 11.6. The molecule has 2 aromatic rings. The fourth-order valence-electron chi connectivity index (χ4n) is 4.13. The number of guanidine groups is 1. The smallest absolute Gasteiger partial charge is 0.261 e. The van der Waals surface area contributed by atoms with Crippen molar-refractivity contribution in [3.63, 3.8) is 0 Å². The van der Waals surface area contributed by atoms with Gasteiger partial charge in [-0.05, 0) is 55.3 Å². The van der Waals surface area contributed by atoms with Crippen LogP contribution in [0.4, 0.5) is 5.00 Å². The van der Waals surface area contributed by atoms with Gasteiger partial charge in [0, 0.05) is 39.3 Å². The summed E-state index contributed by atoms with van der Waals surface area (Å²) in [7, 11) is 1.79. The van der Waals surface area contributed by atoms with E-state index >= 15 is 0 Å². The summed E-state index contributed by atoms with van der Waals surface area (Å²) in [5.41, 5.74) is 1.03. The molecule has 1 saturated heterocycles. The molecule has 0 unspecified atom stereocenters. The number of hydrogen-bond acceptors (Lipinski definition) is 5. The third-order valence-corrected chi connectivity index (χ3v) is 6.79. The second-order valence-corrected chi connectivity index (χ2v) is 8.80. The van der Waals surface area contributed by atoms with Gasteiger partial charge in [0.1, 0.15) is 0 Å². The van der Waals surface area contributed by atoms with Crippen molar-refractivity contribution in [3.8, 4) is 0 Å². The number of carbonyl (C=O) groups is 2. The van der Waals surface area contributed by atoms with Crippen molar-refractivity contribution < 1.29 is 9.59 Å². The van der Waals surface area contributed by atoms with E-state index in [9.17, 15) is 9.59 Å². The van der Waals surface area contributed by atoms with Crippen LogP contribution in [0.3, 0.4) is 0 Å². The number of rotatable bonds is 7. The zero-order chi connectivity index (χ0) is 21.6. The molecule has 172 valence electrons. The summed E-state index contributed by atoms with van der Waals surface area (Å²) in [4.78, 5) is 32.9. The van der Waals surface area contributed by atoms with Crippen LogP contribution in [-0.2, 0) is 0 Å². The number of piperidine rings is 1. The van der Waals surface area contributed by atoms with Gasteiger partial charge in [0.25, 0.3) is 11.8 Å². The Labute approximate surface area is 210 Å². The number of hydrogen-bond donors (Lipinski definition) is 2. The lowest BCUT2D eigenvalue weighted by atomic mass is 10.1. The van der Waals surface area contributed by atoms with Crippen LogP contribution in [0.1, 0.15) is 46.4 Å². The third-order valence-electron chi connectivity index (χ3n) is 5.86. The minimum atomic E-state index is -0.181. The first-order valence-corrected chi connectivity index (χ1v) is 11.8. The number of aliphatic imine (C=N–C) groups is 1. The van der Waals surface area contributed by atoms with Crippen LogP contribution in [0.25, 0.3) is 0 Å². The Balaban J connectivity index is 0.00000289. The van der Waals surface area contributed by atoms with Crippen molar-refractivity contribution >= 4 is 58.1 Å². The highest BCUT2D eigenvalue weighted by molar-refractivity contribution is 14.0. The lowest BCUT2D eigenvalue weighted by molar-refractivity contribution is 0.0652. The minimum Gasteiger partial charge on any atom is -0.363 e. The van der Waals surface area contributed by atoms with E-state index < -0.39 is 0 Å². The Morgan fingerprint density at radius 1 is 1.06 bits per heavy atom. The molecule has 1 aromatic heterocycles. The van der Waals surface area contributed by atoms with Gasteiger partial charge in [-0.2, -0.15) is 0 Å². The van der Waals surface area contributed by atoms with Crippen LogP contribution >= 0.6 is 35.3 Å². The van der Waals surface area contributed by atoms with Crippen LogP contribution < -0.4 is 15.5 Å². The normalized spacial score (nSPS) is 16.7. The van der Waals surface area contributed by atoms with Crippen molar-refractivity contribution in [1.82, 2.24) is 15.5 Å². The fourth-order valence-corrected chi connectivity index (χ4v) is 4.91. The van der Waals surface area contributed by atoms with Crippen LogP contribution in [-0.4, -0.2) is 61.9 Å². The quantitative estimate of drug-likeness (QED) is 0.176. The molecule has 0 aliphatic carbocycles. The lowest BCUT2D eigenvalue weighted by Gasteiger charge is -2.33. The number of nitrogens with one attached hydrogen (secondary N) is 2. The number of thiophene rings is 1. The van der Waals surface area contributed by atoms with Gasteiger partial charge < -0.3 is 15.5 Å². The summed E-state index contributed by atoms with van der Waals surface area (Å²) >= 11 is 1.79. The van der Waals surface area contributed by atoms with E-state index in [-0.39, 0.29) is 35.8 Å². The molecule has 7 nitrogen and oxygen atoms in total. The van der Waals surface area contributed by atoms with Crippen molar-refractivity contribution in [2.75, 3.05) is 38.1 Å². The zero-order valence-electron chi connectivity index (χ0n) is 18.3. The summed E-state index contributed by atoms with van der Waals surface area (Å²) in [6.07, 6.45) is 3.77. The molecule has 32 heavy (non-hydrogen) atoms. The predicted octanol–water partition coefficient (Wildman–Crippen LogP) is 3.58. The van der Waals surface area contributed by atoms with E-state index in [0.29, 0.717) is 23.7 Å². The Hall–Kier alpha value is -2.14. The summed E-state index contributed by atoms with van der Waals surface area (Å²) in [5, 5.41) is 10.4. The first-order chi connectivity index (χ1) is 15.2. The number of amides is 2. The van der Waals surface area contributed by atoms with Crippen LogP contribution in [0.5, 0.6) is 0 Å². The number of imide groups is 1. The average molecular weight is 567 g/mol. The van der Waals surface area contributed by atoms with E-state index in [4.69, 9.17) is 0 Å². The van der Waals surface area contributed by atoms with E-state index in [0.717, 1.165) is 51.3 Å². The van der Waals surface area contributed by atoms with Crippen LogP contribution in [0.15, 0.2) is 46.8 Å². The number of unbranched alkanes of at least 4 members (excludes halogenated alkanes) is 1. The van der Waals surface area contributed by atoms with Crippen molar-refractivity contribution in [2.45, 2.75) is 31.7 Å². The fraction of sp³-hybridized carbons (Fsp3) is 0.435. The molecular formula is C23H30IN5O2S. The lowest BCUT2D eigenvalue weighted by Crippen LogP contribution is -2.48. The van der Waals surface area contributed by atoms with Gasteiger partial charge in [-0.15, -0.1) is 35.3 Å². The Kier molecular flexibility index (Phi) is 8.92. The molecule has 0 bridgehead atoms. The predicted molar refractivity (Wildman–Crippen MR) is 141 cm³/mol. The number of benzene rings is 1. The standard InChI is InChI=1S/C23H29N5O2S.HI/c1-24-23(26-17-10-14-27(15-11-17)20-9-6-16-31-20)25-12-4-5-13-28-21(29)18-7-2-3-8-19(18)22(28)30;/h2-3,6-9,16-17H,4-5,10-15H2,1H3,(H2,24,25,26);1H. The number of nitrogens with zero attached hydrogens (tertiary/aromatic N) is 3. The summed E-state index contributed by atoms with van der Waals surface area (Å²) in [6, 6.07) is 11.7. The largest absolute Gasteiger partial charge is 0.363 e. The van der Waals surface area contributed by atoms with Gasteiger partial charge in [-0.3, -0.25) is 19.5 Å². The molecule has 0 spiro atoms. The maximum atomic E-state index is 12.4. The monoisotopic (exact) mass is 567 g/mol. The Morgan fingerprint density at radius 2 is 1.75 bits per heavy atom. The van der Waals surface area contributed by atoms with Gasteiger partial charge in [0.05, 0.1) is 16.1 Å². The number of halogens is 1. The van der Waals surface area contributed by atoms with E-state index in [1.165, 1.54) is 9.90 Å². The number of fused-ring (bicyclic) bond motifs is 1. The van der Waals surface area contributed by atoms with Gasteiger partial charge >= 0.3 is 0 Å². The molecular weight excluding hydrogens is 537 g/mol. The van der Waals surface area contributed by atoms with E-state index in [2.05, 4.69) is 38.0 Å². The number of carbonyl (C=O) groups excluding carboxylic acids is 2. The molecule has 9 heteroatoms. The van der Waals surface area contributed by atoms with E-state index in [1.807, 2.05) is 0 Å². The van der Waals surface area contributed by atoms with Gasteiger partial charge in [0.2, 0.25) is 0 Å². The molecule has 2 aliphatic heterocycles. The van der Waals surface area contributed by atoms with Crippen LogP contribution in [0, 0.1) is 0 Å². The molecule has 3 heterocycles. The molecule has 1 aromatic carbocycles. The molecule has 2 amide bonds. The Bertz CT molecular complexity index is 907. The molecule has 2 aliphatic rings. The summed E-state index contributed by atoms with van der Waals surface area (Å²) in [6.45, 7) is 3.29. The highest BCUT2D eigenvalue weighted by Crippen LogP contribution is 2.25. The SMILES string of the molecule is CN=C(NCCCCN1C(=O)c2ccccc2C1=O)NC1CCN(c2cccs2)CC1.I. The number of anilines is 1. The molecule has 0 saturated carbocycles. The summed E-state index contributed by atoms with van der Waals surface area (Å²) in [5.74, 6) is 0.454. The van der Waals surface area contributed by atoms with Crippen molar-refractivity contribution in [2.24, 2.45) is 4.99 Å². The van der Waals surface area contributed by atoms with Gasteiger partial charge in [-0.1, -0.05) is 12.1 Å². The average Bonchev–Trinajstić information content (AvgIpc) is 3.42. The summed E-state index contributed by atoms with van der Waals surface area (Å²) < 4.78 is 0. The molecule has 0 atom stereocenters. The molecule has 1 fully saturated rings. The highest BCUT2D eigenvalue weighted by Gasteiger charge is 2.34. The highest BCUT2D eigenvalue weighted by atomic mass is 127. The van der Waals surface area contributed by atoms with E-state index in [1.54, 1.807) is 42.6 Å². The van der Waals surface area contributed by atoms with Crippen molar-refractivity contribution in [3.05, 3.63) is 52.9 Å². The zero-order valence-corrected chi connectivity index (χ0v) is 21.4. The molecule has 2 N–H and O–H groups in total. The molecule has 4 rings (SSSR count). The van der Waals surface area contributed by atoms with Crippen LogP contribution in [0.2, 0.25) is 0 Å². The maximum absolute atomic E-state index is 12.4.